The van der Waals surface area contributed by atoms with E-state index in [0.29, 0.717) is 0 Å². The first-order valence-electron chi connectivity index (χ1n) is 11.3. The normalized spacial score (nSPS) is 10.9. The van der Waals surface area contributed by atoms with Gasteiger partial charge in [-0.3, -0.25) is 8.97 Å². The first-order valence-corrected chi connectivity index (χ1v) is 19.6. The third-order valence-electron chi connectivity index (χ3n) is 5.22. The molecule has 2 nitrogen and oxygen atoms in total. The maximum atomic E-state index is 4.93. The van der Waals surface area contributed by atoms with Crippen molar-refractivity contribution >= 4 is 59.5 Å². The van der Waals surface area contributed by atoms with Gasteiger partial charge < -0.3 is 0 Å². The summed E-state index contributed by atoms with van der Waals surface area (Å²) in [6.45, 7) is 8.59. The molecule has 4 aromatic rings. The number of nitrogens with zero attached hydrogens (tertiary/aromatic N) is 2. The van der Waals surface area contributed by atoms with E-state index in [2.05, 4.69) is 130 Å². The molecule has 0 fully saturated rings. The Balaban J connectivity index is 0.000000277. The van der Waals surface area contributed by atoms with Crippen LogP contribution in [0, 0.1) is 13.8 Å². The van der Waals surface area contributed by atoms with Crippen LogP contribution in [0.4, 0.5) is 11.4 Å². The predicted molar refractivity (Wildman–Crippen MR) is 157 cm³/mol. The molecule has 0 amide bonds. The van der Waals surface area contributed by atoms with Gasteiger partial charge in [-0.2, -0.15) is 12.1 Å². The zero-order valence-electron chi connectivity index (χ0n) is 22.4. The van der Waals surface area contributed by atoms with Gasteiger partial charge in [0.2, 0.25) is 0 Å². The zero-order valence-corrected chi connectivity index (χ0v) is 27.4. The summed E-state index contributed by atoms with van der Waals surface area (Å²) in [4.78, 5) is 0. The molecule has 0 spiro atoms. The van der Waals surface area contributed by atoms with Crippen molar-refractivity contribution in [3.63, 3.8) is 0 Å². The van der Waals surface area contributed by atoms with Crippen molar-refractivity contribution in [1.82, 2.24) is 8.97 Å². The van der Waals surface area contributed by atoms with Crippen LogP contribution in [0.25, 0.3) is 21.5 Å². The van der Waals surface area contributed by atoms with E-state index in [-0.39, 0.29) is 0 Å². The van der Waals surface area contributed by atoms with Gasteiger partial charge in [-0.05, 0) is 24.3 Å². The summed E-state index contributed by atoms with van der Waals surface area (Å²) in [5, 5.41) is 5.40. The van der Waals surface area contributed by atoms with Crippen LogP contribution in [0.5, 0.6) is 0 Å². The molecule has 4 rings (SSSR count). The van der Waals surface area contributed by atoms with Crippen molar-refractivity contribution < 1.29 is 20.8 Å². The molecule has 0 heterocycles. The fourth-order valence-corrected chi connectivity index (χ4v) is 3.54. The Labute approximate surface area is 228 Å². The summed E-state index contributed by atoms with van der Waals surface area (Å²) < 4.78 is 1.75. The van der Waals surface area contributed by atoms with Crippen molar-refractivity contribution in [3.05, 3.63) is 71.8 Å². The van der Waals surface area contributed by atoms with Crippen molar-refractivity contribution in [2.45, 2.75) is 26.9 Å². The fourth-order valence-electron chi connectivity index (χ4n) is 3.54. The van der Waals surface area contributed by atoms with Gasteiger partial charge in [-0.1, -0.05) is 26.9 Å². The number of aryl methyl sites for hydroxylation is 2. The number of benzene rings is 2. The third kappa shape index (κ3) is 10.1. The van der Waals surface area contributed by atoms with E-state index in [1.54, 1.807) is 0 Å². The third-order valence-corrected chi connectivity index (χ3v) is 5.22. The number of halogens is 2. The Morgan fingerprint density at radius 1 is 0.647 bits per heavy atom. The molecule has 0 saturated heterocycles. The average Bonchev–Trinajstić information content (AvgIpc) is 3.27. The first kappa shape index (κ1) is 31.3. The van der Waals surface area contributed by atoms with Gasteiger partial charge in [-0.15, -0.1) is 56.9 Å². The molecule has 34 heavy (non-hydrogen) atoms. The van der Waals surface area contributed by atoms with Gasteiger partial charge in [0.15, 0.2) is 0 Å². The molecule has 0 saturated carbocycles. The molecular formula is C28H40Cl2N2SiZr+2. The monoisotopic (exact) mass is 592 g/mol. The number of quaternary nitrogens is 2. The molecule has 0 aliphatic heterocycles. The summed E-state index contributed by atoms with van der Waals surface area (Å²) in [5.41, 5.74) is 5.39. The van der Waals surface area contributed by atoms with Gasteiger partial charge in [0.1, 0.15) is 11.4 Å². The predicted octanol–water partition coefficient (Wildman–Crippen LogP) is 8.29. The van der Waals surface area contributed by atoms with Crippen LogP contribution < -0.4 is 8.97 Å². The number of hydrogen-bond donors (Lipinski definition) is 0. The molecule has 2 radical (unpaired) electrons. The minimum atomic E-state index is -0.826. The summed E-state index contributed by atoms with van der Waals surface area (Å²) >= 11 is -0.826. The average molecular weight is 595 g/mol. The Hall–Kier alpha value is -0.740. The van der Waals surface area contributed by atoms with Gasteiger partial charge in [0.05, 0.1) is 42.3 Å². The molecule has 6 heteroatoms. The summed E-state index contributed by atoms with van der Waals surface area (Å²) in [5.74, 6) is 0. The minimum absolute atomic E-state index is 0.826. The fraction of sp³-hybridized carbons (Fsp3) is 0.357. The van der Waals surface area contributed by atoms with Crippen molar-refractivity contribution in [2.75, 3.05) is 42.3 Å². The van der Waals surface area contributed by atoms with E-state index in [1.165, 1.54) is 44.0 Å². The van der Waals surface area contributed by atoms with Crippen molar-refractivity contribution in [1.29, 1.82) is 0 Å². The van der Waals surface area contributed by atoms with Crippen molar-refractivity contribution in [3.8, 4) is 0 Å². The zero-order chi connectivity index (χ0) is 26.1. The van der Waals surface area contributed by atoms with Gasteiger partial charge in [0.25, 0.3) is 0 Å². The van der Waals surface area contributed by atoms with Crippen LogP contribution in [0.2, 0.25) is 13.1 Å². The van der Waals surface area contributed by atoms with Crippen molar-refractivity contribution in [2.24, 2.45) is 0 Å². The molecule has 4 aromatic carbocycles. The van der Waals surface area contributed by atoms with E-state index in [0.717, 1.165) is 18.5 Å². The SMILES string of the molecule is C[Si]C.Cc1cc2cc([N+](C)(C)C)ccc2[cH-]1.Cc1cc2cc([N+](C)(C)C)ccc2[cH-]1.[Cl][Zr+2][Cl]. The molecule has 0 unspecified atom stereocenters. The standard InChI is InChI=1S/2C13H17N.C2H6Si.2ClH.Zr/c2*1-10-7-11-5-6-13(14(2,3)4)9-12(11)8-10;1-3-2;;;/h2*5-9H,1-4H3;1-2H3;2*1H;/q;;;;;+4/p-2. The van der Waals surface area contributed by atoms with Crippen LogP contribution in [0.15, 0.2) is 60.7 Å². The number of hydrogen-bond acceptors (Lipinski definition) is 0. The molecule has 0 bridgehead atoms. The molecule has 0 aromatic heterocycles. The quantitative estimate of drug-likeness (QED) is 0.124. The van der Waals surface area contributed by atoms with Gasteiger partial charge >= 0.3 is 37.9 Å². The molecule has 0 aliphatic carbocycles. The second-order valence-electron chi connectivity index (χ2n) is 10.3. The Morgan fingerprint density at radius 2 is 0.941 bits per heavy atom. The Kier molecular flexibility index (Phi) is 13.0. The first-order chi connectivity index (χ1) is 15.8. The molecule has 0 N–H and O–H groups in total. The Bertz CT molecular complexity index is 1060. The van der Waals surface area contributed by atoms with E-state index in [1.807, 2.05) is 0 Å². The van der Waals surface area contributed by atoms with Gasteiger partial charge in [-0.25, -0.2) is 0 Å². The second kappa shape index (κ2) is 14.1. The van der Waals surface area contributed by atoms with E-state index in [4.69, 9.17) is 17.0 Å². The second-order valence-corrected chi connectivity index (χ2v) is 15.0. The number of fused-ring (bicyclic) bond motifs is 2. The number of rotatable bonds is 2. The molecule has 182 valence electrons. The molecular weight excluding hydrogens is 555 g/mol. The maximum absolute atomic E-state index is 4.93. The topological polar surface area (TPSA) is 0 Å². The van der Waals surface area contributed by atoms with Crippen LogP contribution in [-0.4, -0.2) is 51.8 Å². The van der Waals surface area contributed by atoms with E-state index in [9.17, 15) is 0 Å². The summed E-state index contributed by atoms with van der Waals surface area (Å²) in [6.07, 6.45) is 0. The van der Waals surface area contributed by atoms with E-state index >= 15 is 0 Å². The molecule has 0 atom stereocenters. The van der Waals surface area contributed by atoms with Crippen LogP contribution in [0.1, 0.15) is 11.1 Å². The molecule has 0 aliphatic rings. The van der Waals surface area contributed by atoms with E-state index < -0.39 is 20.8 Å². The van der Waals surface area contributed by atoms with Gasteiger partial charge in [0, 0.05) is 9.52 Å². The van der Waals surface area contributed by atoms with Crippen LogP contribution >= 0.6 is 17.0 Å². The summed E-state index contributed by atoms with van der Waals surface area (Å²) in [7, 11) is 24.1. The van der Waals surface area contributed by atoms with Crippen LogP contribution in [-0.2, 0) is 20.8 Å². The summed E-state index contributed by atoms with van der Waals surface area (Å²) in [6, 6.07) is 22.4. The Morgan fingerprint density at radius 3 is 1.21 bits per heavy atom. The van der Waals surface area contributed by atoms with Crippen LogP contribution in [0.3, 0.4) is 0 Å².